The van der Waals surface area contributed by atoms with E-state index in [0.717, 1.165) is 12.8 Å². The van der Waals surface area contributed by atoms with E-state index in [1.807, 2.05) is 0 Å². The van der Waals surface area contributed by atoms with Crippen LogP contribution >= 0.6 is 0 Å². The molecule has 0 atom stereocenters. The highest BCUT2D eigenvalue weighted by molar-refractivity contribution is 6.35. The molecular weight excluding hydrogens is 236 g/mol. The van der Waals surface area contributed by atoms with E-state index in [4.69, 9.17) is 5.26 Å². The Morgan fingerprint density at radius 3 is 2.44 bits per heavy atom. The lowest BCUT2D eigenvalue weighted by molar-refractivity contribution is -0.139. The number of carbonyl (C=O) groups is 3. The summed E-state index contributed by atoms with van der Waals surface area (Å²) in [5, 5.41) is 15.5. The maximum Gasteiger partial charge on any atom is 0.310 e. The normalized spacial score (nSPS) is 13.3. The zero-order chi connectivity index (χ0) is 13.4. The number of nitrogens with zero attached hydrogens (tertiary/aromatic N) is 1. The van der Waals surface area contributed by atoms with Crippen LogP contribution < -0.4 is 16.0 Å². The van der Waals surface area contributed by atoms with E-state index in [2.05, 4.69) is 16.0 Å². The van der Waals surface area contributed by atoms with Gasteiger partial charge in [-0.15, -0.1) is 0 Å². The SMILES string of the molecule is N#CCNC(=O)C(=O)NCCCC(=O)NC1CC1. The van der Waals surface area contributed by atoms with Gasteiger partial charge in [0.05, 0.1) is 6.07 Å². The summed E-state index contributed by atoms with van der Waals surface area (Å²) in [7, 11) is 0. The van der Waals surface area contributed by atoms with Crippen molar-refractivity contribution < 1.29 is 14.4 Å². The third-order valence-electron chi connectivity index (χ3n) is 2.34. The number of rotatable bonds is 6. The van der Waals surface area contributed by atoms with Gasteiger partial charge in [0.15, 0.2) is 0 Å². The van der Waals surface area contributed by atoms with E-state index in [1.54, 1.807) is 6.07 Å². The Balaban J connectivity index is 2.02. The molecule has 1 saturated carbocycles. The van der Waals surface area contributed by atoms with Gasteiger partial charge in [-0.2, -0.15) is 5.26 Å². The minimum absolute atomic E-state index is 0.0271. The van der Waals surface area contributed by atoms with E-state index >= 15 is 0 Å². The number of carbonyl (C=O) groups excluding carboxylic acids is 3. The Morgan fingerprint density at radius 2 is 1.83 bits per heavy atom. The smallest absolute Gasteiger partial charge is 0.310 e. The van der Waals surface area contributed by atoms with E-state index in [-0.39, 0.29) is 19.0 Å². The molecule has 1 aliphatic rings. The average molecular weight is 252 g/mol. The van der Waals surface area contributed by atoms with Crippen molar-refractivity contribution in [2.24, 2.45) is 0 Å². The Hall–Kier alpha value is -2.10. The fraction of sp³-hybridized carbons (Fsp3) is 0.636. The maximum atomic E-state index is 11.3. The summed E-state index contributed by atoms with van der Waals surface area (Å²) >= 11 is 0. The summed E-state index contributed by atoms with van der Waals surface area (Å²) in [6, 6.07) is 2.03. The highest BCUT2D eigenvalue weighted by atomic mass is 16.2. The topological polar surface area (TPSA) is 111 Å². The lowest BCUT2D eigenvalue weighted by atomic mass is 10.3. The zero-order valence-corrected chi connectivity index (χ0v) is 9.99. The van der Waals surface area contributed by atoms with Gasteiger partial charge in [0.25, 0.3) is 0 Å². The second-order valence-electron chi connectivity index (χ2n) is 4.04. The predicted molar refractivity (Wildman–Crippen MR) is 62.0 cm³/mol. The molecule has 0 bridgehead atoms. The second kappa shape index (κ2) is 7.27. The molecule has 1 fully saturated rings. The molecule has 1 rings (SSSR count). The summed E-state index contributed by atoms with van der Waals surface area (Å²) in [6.45, 7) is 0.0624. The fourth-order valence-electron chi connectivity index (χ4n) is 1.26. The van der Waals surface area contributed by atoms with Crippen LogP contribution in [-0.2, 0) is 14.4 Å². The molecule has 0 aromatic heterocycles. The number of nitrogens with one attached hydrogen (secondary N) is 3. The number of hydrogen-bond acceptors (Lipinski definition) is 4. The van der Waals surface area contributed by atoms with Crippen molar-refractivity contribution in [1.29, 1.82) is 5.26 Å². The molecule has 3 N–H and O–H groups in total. The minimum Gasteiger partial charge on any atom is -0.353 e. The van der Waals surface area contributed by atoms with Gasteiger partial charge in [0.2, 0.25) is 5.91 Å². The molecule has 0 radical (unpaired) electrons. The van der Waals surface area contributed by atoms with Gasteiger partial charge in [-0.25, -0.2) is 0 Å². The molecule has 7 heteroatoms. The quantitative estimate of drug-likeness (QED) is 0.313. The van der Waals surface area contributed by atoms with Crippen molar-refractivity contribution in [2.75, 3.05) is 13.1 Å². The Kier molecular flexibility index (Phi) is 5.64. The average Bonchev–Trinajstić information content (AvgIpc) is 3.15. The summed E-state index contributed by atoms with van der Waals surface area (Å²) in [4.78, 5) is 33.5. The van der Waals surface area contributed by atoms with E-state index < -0.39 is 11.8 Å². The van der Waals surface area contributed by atoms with Gasteiger partial charge < -0.3 is 16.0 Å². The van der Waals surface area contributed by atoms with Gasteiger partial charge in [0, 0.05) is 19.0 Å². The van der Waals surface area contributed by atoms with Gasteiger partial charge in [-0.3, -0.25) is 14.4 Å². The van der Waals surface area contributed by atoms with Crippen LogP contribution in [0.2, 0.25) is 0 Å². The third-order valence-corrected chi connectivity index (χ3v) is 2.34. The molecule has 0 unspecified atom stereocenters. The predicted octanol–water partition coefficient (Wildman–Crippen LogP) is -1.20. The third kappa shape index (κ3) is 5.84. The minimum atomic E-state index is -0.834. The number of nitriles is 1. The number of hydrogen-bond donors (Lipinski definition) is 3. The molecule has 7 nitrogen and oxygen atoms in total. The van der Waals surface area contributed by atoms with E-state index in [9.17, 15) is 14.4 Å². The summed E-state index contributed by atoms with van der Waals surface area (Å²) in [5.74, 6) is -1.65. The molecule has 0 aromatic carbocycles. The monoisotopic (exact) mass is 252 g/mol. The first kappa shape index (κ1) is 14.0. The lowest BCUT2D eigenvalue weighted by Crippen LogP contribution is -2.40. The Bertz CT molecular complexity index is 371. The Labute approximate surface area is 105 Å². The van der Waals surface area contributed by atoms with Gasteiger partial charge in [-0.1, -0.05) is 0 Å². The van der Waals surface area contributed by atoms with Crippen LogP contribution in [0.4, 0.5) is 0 Å². The molecule has 1 aliphatic carbocycles. The second-order valence-corrected chi connectivity index (χ2v) is 4.04. The van der Waals surface area contributed by atoms with E-state index in [1.165, 1.54) is 0 Å². The summed E-state index contributed by atoms with van der Waals surface area (Å²) in [6.07, 6.45) is 2.90. The van der Waals surface area contributed by atoms with Crippen LogP contribution in [-0.4, -0.2) is 36.9 Å². The van der Waals surface area contributed by atoms with Crippen molar-refractivity contribution in [3.05, 3.63) is 0 Å². The van der Waals surface area contributed by atoms with Crippen LogP contribution in [0.15, 0.2) is 0 Å². The molecule has 0 aliphatic heterocycles. The molecule has 0 aromatic rings. The molecule has 0 saturated heterocycles. The molecular formula is C11H16N4O3. The summed E-state index contributed by atoms with van der Waals surface area (Å²) < 4.78 is 0. The standard InChI is InChI=1S/C11H16N4O3/c12-5-7-14-11(18)10(17)13-6-1-2-9(16)15-8-3-4-8/h8H,1-4,6-7H2,(H,13,17)(H,14,18)(H,15,16). The first-order chi connectivity index (χ1) is 8.63. The van der Waals surface area contributed by atoms with Crippen molar-refractivity contribution in [2.45, 2.75) is 31.7 Å². The number of amides is 3. The van der Waals surface area contributed by atoms with Crippen LogP contribution in [0, 0.1) is 11.3 Å². The van der Waals surface area contributed by atoms with Crippen molar-refractivity contribution in [1.82, 2.24) is 16.0 Å². The molecule has 18 heavy (non-hydrogen) atoms. The van der Waals surface area contributed by atoms with Crippen LogP contribution in [0.1, 0.15) is 25.7 Å². The van der Waals surface area contributed by atoms with Crippen LogP contribution in [0.25, 0.3) is 0 Å². The zero-order valence-electron chi connectivity index (χ0n) is 9.99. The summed E-state index contributed by atoms with van der Waals surface area (Å²) in [5.41, 5.74) is 0. The molecule has 0 heterocycles. The van der Waals surface area contributed by atoms with Crippen molar-refractivity contribution in [3.8, 4) is 6.07 Å². The van der Waals surface area contributed by atoms with Crippen LogP contribution in [0.3, 0.4) is 0 Å². The lowest BCUT2D eigenvalue weighted by Gasteiger charge is -2.05. The van der Waals surface area contributed by atoms with Gasteiger partial charge in [-0.05, 0) is 19.3 Å². The molecule has 98 valence electrons. The highest BCUT2D eigenvalue weighted by Crippen LogP contribution is 2.18. The maximum absolute atomic E-state index is 11.3. The molecule has 0 spiro atoms. The molecule has 3 amide bonds. The largest absolute Gasteiger partial charge is 0.353 e. The Morgan fingerprint density at radius 1 is 1.17 bits per heavy atom. The van der Waals surface area contributed by atoms with Gasteiger partial charge in [0.1, 0.15) is 6.54 Å². The van der Waals surface area contributed by atoms with Gasteiger partial charge >= 0.3 is 11.8 Å². The van der Waals surface area contributed by atoms with Crippen molar-refractivity contribution >= 4 is 17.7 Å². The first-order valence-electron chi connectivity index (χ1n) is 5.86. The van der Waals surface area contributed by atoms with Crippen molar-refractivity contribution in [3.63, 3.8) is 0 Å². The fourth-order valence-corrected chi connectivity index (χ4v) is 1.26. The highest BCUT2D eigenvalue weighted by Gasteiger charge is 2.22. The van der Waals surface area contributed by atoms with E-state index in [0.29, 0.717) is 18.9 Å². The van der Waals surface area contributed by atoms with Crippen LogP contribution in [0.5, 0.6) is 0 Å². The first-order valence-corrected chi connectivity index (χ1v) is 5.86.